The molecule has 2 rings (SSSR count). The summed E-state index contributed by atoms with van der Waals surface area (Å²) in [4.78, 5) is 0. The van der Waals surface area contributed by atoms with Crippen LogP contribution in [0.5, 0.6) is 0 Å². The Balaban J connectivity index is 2.15. The lowest BCUT2D eigenvalue weighted by Gasteiger charge is -2.37. The summed E-state index contributed by atoms with van der Waals surface area (Å²) >= 11 is 0. The van der Waals surface area contributed by atoms with Crippen LogP contribution in [0.25, 0.3) is 0 Å². The predicted molar refractivity (Wildman–Crippen MR) is 71.0 cm³/mol. The van der Waals surface area contributed by atoms with Crippen molar-refractivity contribution in [3.63, 3.8) is 0 Å². The third-order valence-corrected chi connectivity index (χ3v) is 4.25. The van der Waals surface area contributed by atoms with Gasteiger partial charge in [0.05, 0.1) is 11.7 Å². The molecule has 3 atom stereocenters. The second kappa shape index (κ2) is 5.21. The van der Waals surface area contributed by atoms with Crippen molar-refractivity contribution in [3.05, 3.63) is 18.0 Å². The van der Waals surface area contributed by atoms with Crippen LogP contribution in [0.15, 0.2) is 12.3 Å². The van der Waals surface area contributed by atoms with Crippen molar-refractivity contribution in [2.45, 2.75) is 52.1 Å². The molecule has 3 heteroatoms. The predicted octanol–water partition coefficient (Wildman–Crippen LogP) is 2.78. The Kier molecular flexibility index (Phi) is 3.87. The van der Waals surface area contributed by atoms with Gasteiger partial charge in [-0.3, -0.25) is 4.68 Å². The van der Waals surface area contributed by atoms with E-state index in [1.54, 1.807) is 0 Å². The Morgan fingerprint density at radius 2 is 2.18 bits per heavy atom. The molecule has 1 aliphatic rings. The van der Waals surface area contributed by atoms with Crippen molar-refractivity contribution in [2.24, 2.45) is 11.8 Å². The summed E-state index contributed by atoms with van der Waals surface area (Å²) in [5.74, 6) is 1.63. The number of likely N-dealkylation sites (N-methyl/N-ethyl adjacent to an activating group) is 1. The first-order valence-electron chi connectivity index (χ1n) is 6.81. The summed E-state index contributed by atoms with van der Waals surface area (Å²) < 4.78 is 2.17. The van der Waals surface area contributed by atoms with Gasteiger partial charge in [0.25, 0.3) is 0 Å². The van der Waals surface area contributed by atoms with Crippen molar-refractivity contribution in [1.82, 2.24) is 15.1 Å². The molecule has 1 saturated carbocycles. The zero-order valence-corrected chi connectivity index (χ0v) is 11.5. The van der Waals surface area contributed by atoms with E-state index >= 15 is 0 Å². The van der Waals surface area contributed by atoms with Crippen LogP contribution in [-0.2, 0) is 0 Å². The highest BCUT2D eigenvalue weighted by atomic mass is 15.3. The molecule has 17 heavy (non-hydrogen) atoms. The van der Waals surface area contributed by atoms with E-state index in [1.165, 1.54) is 19.3 Å². The minimum absolute atomic E-state index is 0.523. The first-order chi connectivity index (χ1) is 8.11. The molecule has 1 aromatic heterocycles. The van der Waals surface area contributed by atoms with Gasteiger partial charge in [0, 0.05) is 12.2 Å². The fraction of sp³-hybridized carbons (Fsp3) is 0.786. The zero-order chi connectivity index (χ0) is 12.4. The van der Waals surface area contributed by atoms with Gasteiger partial charge in [0.15, 0.2) is 0 Å². The largest absolute Gasteiger partial charge is 0.315 e. The van der Waals surface area contributed by atoms with E-state index in [1.807, 2.05) is 0 Å². The van der Waals surface area contributed by atoms with Gasteiger partial charge in [0.2, 0.25) is 0 Å². The number of aryl methyl sites for hydroxylation is 1. The summed E-state index contributed by atoms with van der Waals surface area (Å²) in [6, 6.07) is 3.20. The molecule has 0 aliphatic heterocycles. The Morgan fingerprint density at radius 3 is 2.71 bits per heavy atom. The second-order valence-corrected chi connectivity index (χ2v) is 5.72. The average Bonchev–Trinajstić information content (AvgIpc) is 2.74. The van der Waals surface area contributed by atoms with E-state index < -0.39 is 0 Å². The number of hydrogen-bond donors (Lipinski definition) is 1. The van der Waals surface area contributed by atoms with Gasteiger partial charge in [-0.2, -0.15) is 5.10 Å². The maximum absolute atomic E-state index is 4.60. The normalized spacial score (nSPS) is 29.8. The highest BCUT2D eigenvalue weighted by Crippen LogP contribution is 2.36. The van der Waals surface area contributed by atoms with E-state index in [9.17, 15) is 0 Å². The molecular weight excluding hydrogens is 210 g/mol. The fourth-order valence-corrected chi connectivity index (χ4v) is 3.03. The molecule has 1 aromatic rings. The molecule has 3 unspecified atom stereocenters. The Labute approximate surface area is 105 Å². The summed E-state index contributed by atoms with van der Waals surface area (Å²) in [5, 5.41) is 8.06. The van der Waals surface area contributed by atoms with Crippen LogP contribution >= 0.6 is 0 Å². The Morgan fingerprint density at radius 1 is 1.41 bits per heavy atom. The van der Waals surface area contributed by atoms with Gasteiger partial charge in [-0.15, -0.1) is 0 Å². The zero-order valence-electron chi connectivity index (χ0n) is 11.5. The van der Waals surface area contributed by atoms with Crippen LogP contribution < -0.4 is 5.32 Å². The van der Waals surface area contributed by atoms with Gasteiger partial charge in [-0.1, -0.05) is 13.8 Å². The first kappa shape index (κ1) is 12.6. The monoisotopic (exact) mass is 235 g/mol. The van der Waals surface area contributed by atoms with Gasteiger partial charge in [0.1, 0.15) is 0 Å². The maximum Gasteiger partial charge on any atom is 0.0674 e. The molecule has 0 radical (unpaired) electrons. The Hall–Kier alpha value is -0.830. The van der Waals surface area contributed by atoms with Crippen molar-refractivity contribution in [3.8, 4) is 0 Å². The summed E-state index contributed by atoms with van der Waals surface area (Å²) in [5.41, 5.74) is 1.12. The SMILES string of the molecule is CNC1CCC(C(C)C)CC1n1ccc(C)n1. The molecule has 1 heterocycles. The number of nitrogens with one attached hydrogen (secondary N) is 1. The fourth-order valence-electron chi connectivity index (χ4n) is 3.03. The minimum Gasteiger partial charge on any atom is -0.315 e. The van der Waals surface area contributed by atoms with Crippen molar-refractivity contribution in [2.75, 3.05) is 7.05 Å². The third kappa shape index (κ3) is 2.71. The quantitative estimate of drug-likeness (QED) is 0.873. The smallest absolute Gasteiger partial charge is 0.0674 e. The van der Waals surface area contributed by atoms with E-state index in [-0.39, 0.29) is 0 Å². The van der Waals surface area contributed by atoms with Crippen LogP contribution in [0.2, 0.25) is 0 Å². The molecule has 96 valence electrons. The molecule has 0 spiro atoms. The van der Waals surface area contributed by atoms with Crippen molar-refractivity contribution in [1.29, 1.82) is 0 Å². The molecule has 1 N–H and O–H groups in total. The van der Waals surface area contributed by atoms with Crippen LogP contribution in [-0.4, -0.2) is 22.9 Å². The molecule has 0 bridgehead atoms. The average molecular weight is 235 g/mol. The van der Waals surface area contributed by atoms with Crippen molar-refractivity contribution < 1.29 is 0 Å². The summed E-state index contributed by atoms with van der Waals surface area (Å²) in [6.07, 6.45) is 6.00. The molecule has 1 fully saturated rings. The first-order valence-corrected chi connectivity index (χ1v) is 6.81. The minimum atomic E-state index is 0.523. The highest BCUT2D eigenvalue weighted by molar-refractivity contribution is 4.99. The topological polar surface area (TPSA) is 29.9 Å². The van der Waals surface area contributed by atoms with E-state index in [2.05, 4.69) is 55.2 Å². The summed E-state index contributed by atoms with van der Waals surface area (Å²) in [7, 11) is 2.07. The van der Waals surface area contributed by atoms with Gasteiger partial charge in [-0.05, 0) is 51.1 Å². The lowest BCUT2D eigenvalue weighted by Crippen LogP contribution is -2.41. The molecule has 3 nitrogen and oxygen atoms in total. The van der Waals surface area contributed by atoms with Crippen LogP contribution in [0.3, 0.4) is 0 Å². The van der Waals surface area contributed by atoms with Crippen LogP contribution in [0, 0.1) is 18.8 Å². The molecular formula is C14H25N3. The van der Waals surface area contributed by atoms with E-state index in [0.29, 0.717) is 12.1 Å². The third-order valence-electron chi connectivity index (χ3n) is 4.25. The lowest BCUT2D eigenvalue weighted by molar-refractivity contribution is 0.167. The van der Waals surface area contributed by atoms with E-state index in [4.69, 9.17) is 0 Å². The van der Waals surface area contributed by atoms with Gasteiger partial charge < -0.3 is 5.32 Å². The second-order valence-electron chi connectivity index (χ2n) is 5.72. The number of rotatable bonds is 3. The Bertz CT molecular complexity index is 356. The molecule has 0 amide bonds. The maximum atomic E-state index is 4.60. The molecule has 0 saturated heterocycles. The molecule has 0 aromatic carbocycles. The van der Waals surface area contributed by atoms with E-state index in [0.717, 1.165) is 17.5 Å². The van der Waals surface area contributed by atoms with Crippen molar-refractivity contribution >= 4 is 0 Å². The van der Waals surface area contributed by atoms with Crippen LogP contribution in [0.1, 0.15) is 44.8 Å². The number of hydrogen-bond acceptors (Lipinski definition) is 2. The molecule has 1 aliphatic carbocycles. The van der Waals surface area contributed by atoms with Gasteiger partial charge in [-0.25, -0.2) is 0 Å². The number of aromatic nitrogens is 2. The summed E-state index contributed by atoms with van der Waals surface area (Å²) in [6.45, 7) is 6.75. The van der Waals surface area contributed by atoms with Gasteiger partial charge >= 0.3 is 0 Å². The lowest BCUT2D eigenvalue weighted by atomic mass is 9.77. The standard InChI is InChI=1S/C14H25N3/c1-10(2)12-5-6-13(15-4)14(9-12)17-8-7-11(3)16-17/h7-8,10,12-15H,5-6,9H2,1-4H3. The van der Waals surface area contributed by atoms with Crippen LogP contribution in [0.4, 0.5) is 0 Å². The highest BCUT2D eigenvalue weighted by Gasteiger charge is 2.32. The number of nitrogens with zero attached hydrogens (tertiary/aromatic N) is 2.